The molecule has 1 amide bonds. The first-order chi connectivity index (χ1) is 13.2. The van der Waals surface area contributed by atoms with Gasteiger partial charge in [-0.3, -0.25) is 9.78 Å². The highest BCUT2D eigenvalue weighted by Gasteiger charge is 2.36. The fourth-order valence-electron chi connectivity index (χ4n) is 3.55. The van der Waals surface area contributed by atoms with E-state index in [1.165, 1.54) is 5.56 Å². The molecule has 1 aliphatic rings. The zero-order chi connectivity index (χ0) is 18.6. The summed E-state index contributed by atoms with van der Waals surface area (Å²) in [6.07, 6.45) is 4.70. The minimum absolute atomic E-state index is 0.0776. The van der Waals surface area contributed by atoms with E-state index in [-0.39, 0.29) is 17.7 Å². The summed E-state index contributed by atoms with van der Waals surface area (Å²) in [5.74, 6) is 1.72. The van der Waals surface area contributed by atoms with Crippen molar-refractivity contribution in [2.75, 3.05) is 13.1 Å². The Balaban J connectivity index is 1.39. The van der Waals surface area contributed by atoms with E-state index in [2.05, 4.69) is 34.2 Å². The summed E-state index contributed by atoms with van der Waals surface area (Å²) in [5.41, 5.74) is 2.06. The molecule has 2 unspecified atom stereocenters. The lowest BCUT2D eigenvalue weighted by molar-refractivity contribution is -0.130. The first-order valence-corrected chi connectivity index (χ1v) is 9.26. The van der Waals surface area contributed by atoms with E-state index in [9.17, 15) is 4.79 Å². The number of amides is 1. The number of nitrogens with zero attached hydrogens (tertiary/aromatic N) is 4. The number of aromatic nitrogens is 3. The molecule has 2 aromatic heterocycles. The van der Waals surface area contributed by atoms with Crippen molar-refractivity contribution in [3.8, 4) is 11.4 Å². The molecule has 0 saturated carbocycles. The zero-order valence-electron chi connectivity index (χ0n) is 15.3. The molecule has 1 aromatic carbocycles. The number of hydrogen-bond donors (Lipinski definition) is 0. The van der Waals surface area contributed by atoms with Crippen LogP contribution in [0.5, 0.6) is 0 Å². The van der Waals surface area contributed by atoms with Gasteiger partial charge in [0.1, 0.15) is 0 Å². The highest BCUT2D eigenvalue weighted by atomic mass is 16.5. The summed E-state index contributed by atoms with van der Waals surface area (Å²) in [5, 5.41) is 4.09. The molecule has 6 nitrogen and oxygen atoms in total. The first kappa shape index (κ1) is 17.4. The van der Waals surface area contributed by atoms with Gasteiger partial charge >= 0.3 is 0 Å². The van der Waals surface area contributed by atoms with Crippen LogP contribution in [0.1, 0.15) is 30.7 Å². The van der Waals surface area contributed by atoms with Gasteiger partial charge in [0.05, 0.1) is 5.92 Å². The molecule has 0 bridgehead atoms. The van der Waals surface area contributed by atoms with E-state index in [1.807, 2.05) is 35.2 Å². The number of likely N-dealkylation sites (tertiary alicyclic amines) is 1. The number of pyridine rings is 1. The predicted octanol–water partition coefficient (Wildman–Crippen LogP) is 3.33. The SMILES string of the molecule is CC1CN(C(=O)CCc2ccccc2)CC1c1nc(-c2ccncc2)no1. The Morgan fingerprint density at radius 3 is 2.70 bits per heavy atom. The Kier molecular flexibility index (Phi) is 4.96. The van der Waals surface area contributed by atoms with E-state index in [0.717, 1.165) is 18.5 Å². The van der Waals surface area contributed by atoms with Gasteiger partial charge in [-0.15, -0.1) is 0 Å². The Morgan fingerprint density at radius 1 is 1.15 bits per heavy atom. The third-order valence-electron chi connectivity index (χ3n) is 5.13. The van der Waals surface area contributed by atoms with E-state index in [0.29, 0.717) is 24.7 Å². The molecule has 0 spiro atoms. The van der Waals surface area contributed by atoms with Crippen molar-refractivity contribution in [1.29, 1.82) is 0 Å². The lowest BCUT2D eigenvalue weighted by atomic mass is 9.98. The third kappa shape index (κ3) is 3.89. The molecule has 1 saturated heterocycles. The van der Waals surface area contributed by atoms with Gasteiger partial charge in [0.25, 0.3) is 0 Å². The number of rotatable bonds is 5. The monoisotopic (exact) mass is 362 g/mol. The molecular formula is C21H22N4O2. The second kappa shape index (κ2) is 7.70. The predicted molar refractivity (Wildman–Crippen MR) is 101 cm³/mol. The Labute approximate surface area is 158 Å². The maximum atomic E-state index is 12.6. The second-order valence-electron chi connectivity index (χ2n) is 7.06. The van der Waals surface area contributed by atoms with Crippen LogP contribution in [-0.4, -0.2) is 39.0 Å². The molecule has 4 rings (SSSR count). The van der Waals surface area contributed by atoms with Crippen molar-refractivity contribution in [2.45, 2.75) is 25.7 Å². The standard InChI is InChI=1S/C21H22N4O2/c1-15-13-25(19(26)8-7-16-5-3-2-4-6-16)14-18(15)21-23-20(24-27-21)17-9-11-22-12-10-17/h2-6,9-12,15,18H,7-8,13-14H2,1H3. The third-order valence-corrected chi connectivity index (χ3v) is 5.13. The molecule has 6 heteroatoms. The van der Waals surface area contributed by atoms with E-state index in [4.69, 9.17) is 4.52 Å². The van der Waals surface area contributed by atoms with Crippen LogP contribution >= 0.6 is 0 Å². The highest BCUT2D eigenvalue weighted by Crippen LogP contribution is 2.32. The number of benzene rings is 1. The van der Waals surface area contributed by atoms with Crippen molar-refractivity contribution in [1.82, 2.24) is 20.0 Å². The van der Waals surface area contributed by atoms with E-state index in [1.54, 1.807) is 12.4 Å². The average molecular weight is 362 g/mol. The Bertz CT molecular complexity index is 895. The fourth-order valence-corrected chi connectivity index (χ4v) is 3.55. The molecule has 0 radical (unpaired) electrons. The first-order valence-electron chi connectivity index (χ1n) is 9.26. The maximum Gasteiger partial charge on any atom is 0.232 e. The van der Waals surface area contributed by atoms with Crippen LogP contribution in [0.4, 0.5) is 0 Å². The van der Waals surface area contributed by atoms with E-state index >= 15 is 0 Å². The fraction of sp³-hybridized carbons (Fsp3) is 0.333. The lowest BCUT2D eigenvalue weighted by Gasteiger charge is -2.15. The summed E-state index contributed by atoms with van der Waals surface area (Å²) in [7, 11) is 0. The van der Waals surface area contributed by atoms with Gasteiger partial charge in [0.2, 0.25) is 17.6 Å². The Morgan fingerprint density at radius 2 is 1.93 bits per heavy atom. The minimum Gasteiger partial charge on any atom is -0.342 e. The minimum atomic E-state index is 0.0776. The van der Waals surface area contributed by atoms with Gasteiger partial charge in [-0.1, -0.05) is 42.4 Å². The van der Waals surface area contributed by atoms with E-state index < -0.39 is 0 Å². The maximum absolute atomic E-state index is 12.6. The molecule has 27 heavy (non-hydrogen) atoms. The Hall–Kier alpha value is -3.02. The summed E-state index contributed by atoms with van der Waals surface area (Å²) in [4.78, 5) is 23.1. The molecule has 1 fully saturated rings. The van der Waals surface area contributed by atoms with Crippen LogP contribution in [0.3, 0.4) is 0 Å². The zero-order valence-corrected chi connectivity index (χ0v) is 15.3. The van der Waals surface area contributed by atoms with Gasteiger partial charge in [0, 0.05) is 37.5 Å². The van der Waals surface area contributed by atoms with Gasteiger partial charge in [0.15, 0.2) is 0 Å². The second-order valence-corrected chi connectivity index (χ2v) is 7.06. The smallest absolute Gasteiger partial charge is 0.232 e. The van der Waals surface area contributed by atoms with Gasteiger partial charge in [-0.2, -0.15) is 4.98 Å². The summed E-state index contributed by atoms with van der Waals surface area (Å²) in [6.45, 7) is 3.49. The van der Waals surface area contributed by atoms with Crippen LogP contribution in [0.2, 0.25) is 0 Å². The van der Waals surface area contributed by atoms with Crippen LogP contribution < -0.4 is 0 Å². The number of hydrogen-bond acceptors (Lipinski definition) is 5. The largest absolute Gasteiger partial charge is 0.342 e. The van der Waals surface area contributed by atoms with Crippen molar-refractivity contribution in [3.05, 3.63) is 66.3 Å². The quantitative estimate of drug-likeness (QED) is 0.696. The van der Waals surface area contributed by atoms with Gasteiger partial charge in [-0.25, -0.2) is 0 Å². The normalized spacial score (nSPS) is 19.4. The average Bonchev–Trinajstić information content (AvgIpc) is 3.34. The van der Waals surface area contributed by atoms with Crippen molar-refractivity contribution in [3.63, 3.8) is 0 Å². The molecule has 1 aliphatic heterocycles. The molecule has 0 N–H and O–H groups in total. The highest BCUT2D eigenvalue weighted by molar-refractivity contribution is 5.77. The summed E-state index contributed by atoms with van der Waals surface area (Å²) in [6, 6.07) is 13.8. The van der Waals surface area contributed by atoms with Gasteiger partial charge < -0.3 is 9.42 Å². The van der Waals surface area contributed by atoms with Crippen LogP contribution in [0.15, 0.2) is 59.4 Å². The topological polar surface area (TPSA) is 72.1 Å². The molecule has 2 atom stereocenters. The molecule has 3 heterocycles. The molecule has 3 aromatic rings. The molecular weight excluding hydrogens is 340 g/mol. The van der Waals surface area contributed by atoms with Gasteiger partial charge in [-0.05, 0) is 30.0 Å². The van der Waals surface area contributed by atoms with Crippen LogP contribution in [-0.2, 0) is 11.2 Å². The molecule has 138 valence electrons. The number of aryl methyl sites for hydroxylation is 1. The van der Waals surface area contributed by atoms with Crippen molar-refractivity contribution >= 4 is 5.91 Å². The number of carbonyl (C=O) groups is 1. The van der Waals surface area contributed by atoms with Crippen LogP contribution in [0, 0.1) is 5.92 Å². The summed E-state index contributed by atoms with van der Waals surface area (Å²) < 4.78 is 5.51. The van der Waals surface area contributed by atoms with Crippen LogP contribution in [0.25, 0.3) is 11.4 Å². The lowest BCUT2D eigenvalue weighted by Crippen LogP contribution is -2.29. The van der Waals surface area contributed by atoms with Crippen molar-refractivity contribution in [2.24, 2.45) is 5.92 Å². The van der Waals surface area contributed by atoms with Crippen molar-refractivity contribution < 1.29 is 9.32 Å². The molecule has 0 aliphatic carbocycles. The number of carbonyl (C=O) groups excluding carboxylic acids is 1. The summed E-state index contributed by atoms with van der Waals surface area (Å²) >= 11 is 0.